The molecule has 0 radical (unpaired) electrons. The van der Waals surface area contributed by atoms with Crippen molar-refractivity contribution < 1.29 is 4.79 Å². The molecule has 0 saturated carbocycles. The highest BCUT2D eigenvalue weighted by molar-refractivity contribution is 6.30. The SMILES string of the molecule is O=C(C=Cc1cccc(Cl)c1)c1ccc2ccc3ccccc3c2c1. The highest BCUT2D eigenvalue weighted by Gasteiger charge is 2.06. The van der Waals surface area contributed by atoms with Crippen LogP contribution in [0, 0.1) is 0 Å². The summed E-state index contributed by atoms with van der Waals surface area (Å²) in [6.45, 7) is 0. The van der Waals surface area contributed by atoms with Gasteiger partial charge in [-0.1, -0.05) is 78.3 Å². The summed E-state index contributed by atoms with van der Waals surface area (Å²) in [5.41, 5.74) is 1.59. The number of halogens is 1. The fourth-order valence-electron chi connectivity index (χ4n) is 3.03. The second kappa shape index (κ2) is 6.54. The zero-order valence-electron chi connectivity index (χ0n) is 13.4. The van der Waals surface area contributed by atoms with E-state index in [1.807, 2.05) is 54.6 Å². The van der Waals surface area contributed by atoms with E-state index in [0.29, 0.717) is 10.6 Å². The van der Waals surface area contributed by atoms with Gasteiger partial charge >= 0.3 is 0 Å². The van der Waals surface area contributed by atoms with Crippen molar-refractivity contribution in [3.8, 4) is 0 Å². The molecule has 0 aromatic heterocycles. The first-order valence-electron chi connectivity index (χ1n) is 8.10. The zero-order valence-corrected chi connectivity index (χ0v) is 14.2. The number of hydrogen-bond donors (Lipinski definition) is 0. The second-order valence-corrected chi connectivity index (χ2v) is 6.41. The molecule has 1 nitrogen and oxygen atoms in total. The molecule has 120 valence electrons. The highest BCUT2D eigenvalue weighted by Crippen LogP contribution is 2.26. The second-order valence-electron chi connectivity index (χ2n) is 5.98. The van der Waals surface area contributed by atoms with Gasteiger partial charge in [-0.3, -0.25) is 4.79 Å². The first kappa shape index (κ1) is 15.6. The third kappa shape index (κ3) is 3.19. The van der Waals surface area contributed by atoms with Crippen LogP contribution in [-0.2, 0) is 0 Å². The van der Waals surface area contributed by atoms with Gasteiger partial charge in [0.15, 0.2) is 5.78 Å². The number of allylic oxidation sites excluding steroid dienone is 1. The van der Waals surface area contributed by atoms with Crippen molar-refractivity contribution >= 4 is 45.0 Å². The van der Waals surface area contributed by atoms with Crippen LogP contribution in [0.1, 0.15) is 15.9 Å². The van der Waals surface area contributed by atoms with Crippen LogP contribution < -0.4 is 0 Å². The monoisotopic (exact) mass is 342 g/mol. The van der Waals surface area contributed by atoms with Crippen LogP contribution in [-0.4, -0.2) is 5.78 Å². The Morgan fingerprint density at radius 1 is 0.760 bits per heavy atom. The minimum Gasteiger partial charge on any atom is -0.289 e. The van der Waals surface area contributed by atoms with Crippen LogP contribution in [0.25, 0.3) is 27.6 Å². The molecule has 0 aliphatic carbocycles. The molecule has 0 heterocycles. The van der Waals surface area contributed by atoms with Gasteiger partial charge in [-0.05, 0) is 51.4 Å². The predicted molar refractivity (Wildman–Crippen MR) is 106 cm³/mol. The van der Waals surface area contributed by atoms with Crippen molar-refractivity contribution in [1.82, 2.24) is 0 Å². The maximum Gasteiger partial charge on any atom is 0.185 e. The van der Waals surface area contributed by atoms with Crippen molar-refractivity contribution in [3.05, 3.63) is 101 Å². The normalized spacial score (nSPS) is 11.4. The number of benzene rings is 4. The molecule has 0 N–H and O–H groups in total. The predicted octanol–water partition coefficient (Wildman–Crippen LogP) is 6.54. The molecule has 0 spiro atoms. The van der Waals surface area contributed by atoms with Gasteiger partial charge in [0.2, 0.25) is 0 Å². The Labute approximate surface area is 151 Å². The van der Waals surface area contributed by atoms with Crippen LogP contribution in [0.15, 0.2) is 84.9 Å². The fourth-order valence-corrected chi connectivity index (χ4v) is 3.23. The van der Waals surface area contributed by atoms with E-state index >= 15 is 0 Å². The molecule has 0 aliphatic heterocycles. The Kier molecular flexibility index (Phi) is 4.09. The van der Waals surface area contributed by atoms with Crippen molar-refractivity contribution in [2.24, 2.45) is 0 Å². The number of carbonyl (C=O) groups excluding carboxylic acids is 1. The number of ketones is 1. The van der Waals surface area contributed by atoms with E-state index < -0.39 is 0 Å². The topological polar surface area (TPSA) is 17.1 Å². The maximum atomic E-state index is 12.6. The van der Waals surface area contributed by atoms with E-state index in [2.05, 4.69) is 24.3 Å². The molecule has 0 fully saturated rings. The van der Waals surface area contributed by atoms with Gasteiger partial charge in [-0.15, -0.1) is 0 Å². The minimum atomic E-state index is -0.0187. The molecule has 4 aromatic rings. The van der Waals surface area contributed by atoms with Gasteiger partial charge in [0.1, 0.15) is 0 Å². The number of fused-ring (bicyclic) bond motifs is 3. The molecule has 0 bridgehead atoms. The Balaban J connectivity index is 1.73. The first-order valence-corrected chi connectivity index (χ1v) is 8.48. The van der Waals surface area contributed by atoms with E-state index in [1.54, 1.807) is 12.2 Å². The van der Waals surface area contributed by atoms with Gasteiger partial charge in [0, 0.05) is 10.6 Å². The van der Waals surface area contributed by atoms with Crippen molar-refractivity contribution in [2.75, 3.05) is 0 Å². The number of rotatable bonds is 3. The molecule has 0 unspecified atom stereocenters. The van der Waals surface area contributed by atoms with E-state index in [-0.39, 0.29) is 5.78 Å². The molecule has 0 amide bonds. The Hall–Kier alpha value is -2.90. The van der Waals surface area contributed by atoms with Gasteiger partial charge in [0.25, 0.3) is 0 Å². The van der Waals surface area contributed by atoms with Crippen LogP contribution in [0.3, 0.4) is 0 Å². The molecular formula is C23H15ClO. The number of carbonyl (C=O) groups is 1. The maximum absolute atomic E-state index is 12.6. The summed E-state index contributed by atoms with van der Waals surface area (Å²) in [4.78, 5) is 12.6. The Morgan fingerprint density at radius 2 is 1.52 bits per heavy atom. The Bertz CT molecular complexity index is 1130. The zero-order chi connectivity index (χ0) is 17.2. The minimum absolute atomic E-state index is 0.0187. The molecular weight excluding hydrogens is 328 g/mol. The summed E-state index contributed by atoms with van der Waals surface area (Å²) < 4.78 is 0. The average molecular weight is 343 g/mol. The van der Waals surface area contributed by atoms with Gasteiger partial charge in [-0.25, -0.2) is 0 Å². The summed E-state index contributed by atoms with van der Waals surface area (Å²) >= 11 is 5.98. The van der Waals surface area contributed by atoms with E-state index in [1.165, 1.54) is 5.39 Å². The van der Waals surface area contributed by atoms with Crippen molar-refractivity contribution in [2.45, 2.75) is 0 Å². The van der Waals surface area contributed by atoms with Crippen LogP contribution in [0.5, 0.6) is 0 Å². The summed E-state index contributed by atoms with van der Waals surface area (Å²) in [5.74, 6) is -0.0187. The lowest BCUT2D eigenvalue weighted by Gasteiger charge is -2.05. The lowest BCUT2D eigenvalue weighted by Crippen LogP contribution is -1.94. The Morgan fingerprint density at radius 3 is 2.36 bits per heavy atom. The molecule has 4 rings (SSSR count). The van der Waals surface area contributed by atoms with Gasteiger partial charge in [-0.2, -0.15) is 0 Å². The lowest BCUT2D eigenvalue weighted by atomic mass is 9.98. The lowest BCUT2D eigenvalue weighted by molar-refractivity contribution is 0.104. The van der Waals surface area contributed by atoms with Crippen LogP contribution >= 0.6 is 11.6 Å². The third-order valence-corrected chi connectivity index (χ3v) is 4.54. The molecule has 2 heteroatoms. The van der Waals surface area contributed by atoms with Gasteiger partial charge in [0.05, 0.1) is 0 Å². The first-order chi connectivity index (χ1) is 12.2. The van der Waals surface area contributed by atoms with Gasteiger partial charge < -0.3 is 0 Å². The smallest absolute Gasteiger partial charge is 0.185 e. The van der Waals surface area contributed by atoms with E-state index in [9.17, 15) is 4.79 Å². The van der Waals surface area contributed by atoms with Crippen LogP contribution in [0.4, 0.5) is 0 Å². The summed E-state index contributed by atoms with van der Waals surface area (Å²) in [6, 6.07) is 25.7. The van der Waals surface area contributed by atoms with Crippen LogP contribution in [0.2, 0.25) is 5.02 Å². The summed E-state index contributed by atoms with van der Waals surface area (Å²) in [6.07, 6.45) is 3.39. The van der Waals surface area contributed by atoms with Crippen molar-refractivity contribution in [1.29, 1.82) is 0 Å². The van der Waals surface area contributed by atoms with E-state index in [4.69, 9.17) is 11.6 Å². The molecule has 0 atom stereocenters. The average Bonchev–Trinajstić information content (AvgIpc) is 2.65. The van der Waals surface area contributed by atoms with E-state index in [0.717, 1.165) is 21.7 Å². The molecule has 25 heavy (non-hydrogen) atoms. The van der Waals surface area contributed by atoms with Crippen molar-refractivity contribution in [3.63, 3.8) is 0 Å². The molecule has 4 aromatic carbocycles. The quantitative estimate of drug-likeness (QED) is 0.234. The molecule has 0 aliphatic rings. The summed E-state index contributed by atoms with van der Waals surface area (Å²) in [5, 5.41) is 5.23. The standard InChI is InChI=1S/C23H15ClO/c24-20-6-3-4-16(14-20)8-13-23(25)19-12-11-18-10-9-17-5-1-2-7-21(17)22(18)15-19/h1-15H. The highest BCUT2D eigenvalue weighted by atomic mass is 35.5. The fraction of sp³-hybridized carbons (Fsp3) is 0. The molecule has 0 saturated heterocycles. The number of hydrogen-bond acceptors (Lipinski definition) is 1. The summed E-state index contributed by atoms with van der Waals surface area (Å²) in [7, 11) is 0. The largest absolute Gasteiger partial charge is 0.289 e. The third-order valence-electron chi connectivity index (χ3n) is 4.31.